The van der Waals surface area contributed by atoms with Crippen molar-refractivity contribution in [3.63, 3.8) is 0 Å². The molecule has 3 heterocycles. The highest BCUT2D eigenvalue weighted by Gasteiger charge is 2.31. The predicted octanol–water partition coefficient (Wildman–Crippen LogP) is 2.75. The maximum atomic E-state index is 13.0. The number of alkyl halides is 3. The summed E-state index contributed by atoms with van der Waals surface area (Å²) < 4.78 is 44.2. The van der Waals surface area contributed by atoms with Crippen LogP contribution >= 0.6 is 0 Å². The van der Waals surface area contributed by atoms with Gasteiger partial charge in [-0.1, -0.05) is 47.6 Å². The van der Waals surface area contributed by atoms with E-state index in [1.165, 1.54) is 16.9 Å². The molecule has 10 nitrogen and oxygen atoms in total. The van der Waals surface area contributed by atoms with Crippen LogP contribution in [0, 0.1) is 0 Å². The molecule has 13 heteroatoms. The highest BCUT2D eigenvalue weighted by molar-refractivity contribution is 5.76. The van der Waals surface area contributed by atoms with Gasteiger partial charge >= 0.3 is 6.18 Å². The number of benzene rings is 2. The summed E-state index contributed by atoms with van der Waals surface area (Å²) in [6, 6.07) is 14.2. The quantitative estimate of drug-likeness (QED) is 0.400. The van der Waals surface area contributed by atoms with Crippen molar-refractivity contribution in [3.05, 3.63) is 66.1 Å². The number of rotatable bonds is 6. The summed E-state index contributed by atoms with van der Waals surface area (Å²) in [7, 11) is 0. The first kappa shape index (κ1) is 23.6. The van der Waals surface area contributed by atoms with E-state index < -0.39 is 11.7 Å². The highest BCUT2D eigenvalue weighted by atomic mass is 19.4. The first-order chi connectivity index (χ1) is 17.3. The number of aromatic nitrogens is 6. The molecule has 4 aromatic rings. The zero-order chi connectivity index (χ0) is 25.1. The van der Waals surface area contributed by atoms with Gasteiger partial charge in [0.1, 0.15) is 6.54 Å². The summed E-state index contributed by atoms with van der Waals surface area (Å²) >= 11 is 0. The summed E-state index contributed by atoms with van der Waals surface area (Å²) in [5.41, 5.74) is 0.277. The van der Waals surface area contributed by atoms with E-state index in [1.54, 1.807) is 4.90 Å². The predicted molar refractivity (Wildman–Crippen MR) is 120 cm³/mol. The number of nitrogens with zero attached hydrogens (tertiary/aromatic N) is 8. The van der Waals surface area contributed by atoms with E-state index in [0.29, 0.717) is 44.4 Å². The zero-order valence-corrected chi connectivity index (χ0v) is 19.0. The topological polar surface area (TPSA) is 106 Å². The molecular weight excluding hydrogens is 477 g/mol. The lowest BCUT2D eigenvalue weighted by Crippen LogP contribution is -2.49. The van der Waals surface area contributed by atoms with Crippen molar-refractivity contribution in [2.24, 2.45) is 0 Å². The first-order valence-electron chi connectivity index (χ1n) is 11.2. The van der Waals surface area contributed by atoms with Gasteiger partial charge in [0.25, 0.3) is 0 Å². The summed E-state index contributed by atoms with van der Waals surface area (Å²) in [5.74, 6) is 0.733. The van der Waals surface area contributed by atoms with Gasteiger partial charge in [-0.25, -0.2) is 0 Å². The van der Waals surface area contributed by atoms with Crippen LogP contribution in [0.15, 0.2) is 59.1 Å². The molecule has 0 N–H and O–H groups in total. The van der Waals surface area contributed by atoms with Crippen LogP contribution < -0.4 is 0 Å². The van der Waals surface area contributed by atoms with E-state index in [-0.39, 0.29) is 23.8 Å². The van der Waals surface area contributed by atoms with Crippen LogP contribution in [0.4, 0.5) is 13.2 Å². The number of piperazine rings is 1. The van der Waals surface area contributed by atoms with Crippen molar-refractivity contribution in [1.29, 1.82) is 0 Å². The molecule has 1 saturated heterocycles. The average molecular weight is 498 g/mol. The number of tetrazole rings is 1. The lowest BCUT2D eigenvalue weighted by molar-refractivity contribution is -0.137. The maximum Gasteiger partial charge on any atom is 0.416 e. The normalized spacial score (nSPS) is 14.8. The number of carbonyl (C=O) groups is 1. The van der Waals surface area contributed by atoms with Gasteiger partial charge in [0.15, 0.2) is 0 Å². The van der Waals surface area contributed by atoms with E-state index in [1.807, 2.05) is 35.2 Å². The molecule has 1 fully saturated rings. The molecule has 1 amide bonds. The molecule has 0 saturated carbocycles. The number of carbonyl (C=O) groups excluding carboxylic acids is 1. The van der Waals surface area contributed by atoms with Crippen LogP contribution in [0.3, 0.4) is 0 Å². The van der Waals surface area contributed by atoms with E-state index >= 15 is 0 Å². The largest absolute Gasteiger partial charge is 0.416 e. The molecule has 1 aliphatic rings. The fourth-order valence-electron chi connectivity index (χ4n) is 3.85. The molecule has 0 spiro atoms. The van der Waals surface area contributed by atoms with Gasteiger partial charge in [-0.2, -0.15) is 23.0 Å². The van der Waals surface area contributed by atoms with Gasteiger partial charge < -0.3 is 9.42 Å². The first-order valence-corrected chi connectivity index (χ1v) is 11.2. The Bertz CT molecular complexity index is 1330. The van der Waals surface area contributed by atoms with Gasteiger partial charge in [0.05, 0.1) is 12.1 Å². The van der Waals surface area contributed by atoms with Crippen LogP contribution in [0.5, 0.6) is 0 Å². The summed E-state index contributed by atoms with van der Waals surface area (Å²) in [6.07, 6.45) is -4.45. The van der Waals surface area contributed by atoms with Crippen molar-refractivity contribution in [3.8, 4) is 22.8 Å². The average Bonchev–Trinajstić information content (AvgIpc) is 3.55. The Morgan fingerprint density at radius 2 is 1.69 bits per heavy atom. The Balaban J connectivity index is 1.13. The van der Waals surface area contributed by atoms with E-state index in [9.17, 15) is 18.0 Å². The third-order valence-electron chi connectivity index (χ3n) is 5.76. The Morgan fingerprint density at radius 1 is 0.944 bits per heavy atom. The molecule has 186 valence electrons. The molecule has 0 aliphatic carbocycles. The second-order valence-corrected chi connectivity index (χ2v) is 8.26. The fourth-order valence-corrected chi connectivity index (χ4v) is 3.85. The molecule has 5 rings (SSSR count). The van der Waals surface area contributed by atoms with Crippen LogP contribution in [0.1, 0.15) is 11.5 Å². The van der Waals surface area contributed by atoms with Crippen LogP contribution in [0.2, 0.25) is 0 Å². The summed E-state index contributed by atoms with van der Waals surface area (Å²) in [4.78, 5) is 22.0. The van der Waals surface area contributed by atoms with Gasteiger partial charge in [-0.15, -0.1) is 10.2 Å². The minimum Gasteiger partial charge on any atom is -0.338 e. The van der Waals surface area contributed by atoms with Gasteiger partial charge in [-0.3, -0.25) is 9.69 Å². The van der Waals surface area contributed by atoms with Gasteiger partial charge in [0, 0.05) is 37.3 Å². The van der Waals surface area contributed by atoms with Crippen molar-refractivity contribution in [1.82, 2.24) is 40.1 Å². The monoisotopic (exact) mass is 498 g/mol. The standard InChI is InChI=1S/C23H21F3N8O2/c24-23(25,26)18-8-4-7-17(13-18)21-27-19(36-30-21)14-32-9-11-33(12-10-32)20(35)15-34-29-22(28-31-34)16-5-2-1-3-6-16/h1-8,13H,9-12,14-15H2. The second kappa shape index (κ2) is 9.85. The number of hydrogen-bond acceptors (Lipinski definition) is 8. The Morgan fingerprint density at radius 3 is 2.44 bits per heavy atom. The highest BCUT2D eigenvalue weighted by Crippen LogP contribution is 2.31. The van der Waals surface area contributed by atoms with Crippen molar-refractivity contribution >= 4 is 5.91 Å². The molecule has 0 bridgehead atoms. The minimum atomic E-state index is -4.45. The van der Waals surface area contributed by atoms with Crippen molar-refractivity contribution in [2.45, 2.75) is 19.3 Å². The third kappa shape index (κ3) is 5.40. The number of amides is 1. The molecule has 0 radical (unpaired) electrons. The van der Waals surface area contributed by atoms with E-state index in [0.717, 1.165) is 17.7 Å². The third-order valence-corrected chi connectivity index (χ3v) is 5.76. The Kier molecular flexibility index (Phi) is 6.46. The van der Waals surface area contributed by atoms with Crippen molar-refractivity contribution in [2.75, 3.05) is 26.2 Å². The molecule has 36 heavy (non-hydrogen) atoms. The Labute approximate surface area is 203 Å². The SMILES string of the molecule is O=C(Cn1nnc(-c2ccccc2)n1)N1CCN(Cc2nc(-c3cccc(C(F)(F)F)c3)no2)CC1. The lowest BCUT2D eigenvalue weighted by Gasteiger charge is -2.33. The minimum absolute atomic E-state index is 0.0101. The van der Waals surface area contributed by atoms with Gasteiger partial charge in [0.2, 0.25) is 23.4 Å². The molecule has 2 aromatic heterocycles. The van der Waals surface area contributed by atoms with E-state index in [4.69, 9.17) is 4.52 Å². The maximum absolute atomic E-state index is 13.0. The van der Waals surface area contributed by atoms with E-state index in [2.05, 4.69) is 25.6 Å². The molecule has 0 unspecified atom stereocenters. The number of halogens is 3. The zero-order valence-electron chi connectivity index (χ0n) is 19.0. The lowest BCUT2D eigenvalue weighted by atomic mass is 10.1. The smallest absolute Gasteiger partial charge is 0.338 e. The molecule has 0 atom stereocenters. The van der Waals surface area contributed by atoms with Crippen LogP contribution in [0.25, 0.3) is 22.8 Å². The van der Waals surface area contributed by atoms with Gasteiger partial charge in [-0.05, 0) is 17.3 Å². The summed E-state index contributed by atoms with van der Waals surface area (Å²) in [5, 5.41) is 16.1. The molecular formula is C23H21F3N8O2. The fraction of sp³-hybridized carbons (Fsp3) is 0.304. The van der Waals surface area contributed by atoms with Crippen LogP contribution in [-0.4, -0.2) is 72.2 Å². The summed E-state index contributed by atoms with van der Waals surface area (Å²) in [6.45, 7) is 2.46. The second-order valence-electron chi connectivity index (χ2n) is 8.26. The number of hydrogen-bond donors (Lipinski definition) is 0. The molecule has 1 aliphatic heterocycles. The Hall–Kier alpha value is -4.13. The molecule has 2 aromatic carbocycles. The van der Waals surface area contributed by atoms with Crippen LogP contribution in [-0.2, 0) is 24.1 Å². The van der Waals surface area contributed by atoms with Crippen molar-refractivity contribution < 1.29 is 22.5 Å².